The molecule has 2 saturated carbocycles. The average molecular weight is 557 g/mol. The molecule has 1 saturated heterocycles. The zero-order valence-corrected chi connectivity index (χ0v) is 26.1. The van der Waals surface area contributed by atoms with E-state index in [-0.39, 0.29) is 18.7 Å². The monoisotopic (exact) mass is 556 g/mol. The summed E-state index contributed by atoms with van der Waals surface area (Å²) in [5.74, 6) is 2.24. The number of thioether (sulfide) groups is 1. The van der Waals surface area contributed by atoms with Crippen LogP contribution < -0.4 is 4.74 Å². The fourth-order valence-electron chi connectivity index (χ4n) is 7.41. The Labute approximate surface area is 244 Å². The van der Waals surface area contributed by atoms with Crippen molar-refractivity contribution in [3.63, 3.8) is 0 Å². The fraction of sp³-hybridized carbons (Fsp3) is 0.794. The van der Waals surface area contributed by atoms with Gasteiger partial charge in [0.05, 0.1) is 6.17 Å². The lowest BCUT2D eigenvalue weighted by atomic mass is 9.75. The average Bonchev–Trinajstić information content (AvgIpc) is 3.31. The van der Waals surface area contributed by atoms with Crippen LogP contribution in [0.5, 0.6) is 5.75 Å². The van der Waals surface area contributed by atoms with E-state index < -0.39 is 0 Å². The van der Waals surface area contributed by atoms with E-state index in [1.54, 1.807) is 0 Å². The van der Waals surface area contributed by atoms with Crippen LogP contribution in [0.2, 0.25) is 0 Å². The first-order valence-corrected chi connectivity index (χ1v) is 17.4. The molecule has 2 aliphatic carbocycles. The zero-order chi connectivity index (χ0) is 27.5. The van der Waals surface area contributed by atoms with Crippen molar-refractivity contribution in [1.82, 2.24) is 9.80 Å². The van der Waals surface area contributed by atoms with Crippen LogP contribution in [0.3, 0.4) is 0 Å². The highest BCUT2D eigenvalue weighted by Gasteiger charge is 2.41. The summed E-state index contributed by atoms with van der Waals surface area (Å²) in [4.78, 5) is 18.9. The molecule has 4 rings (SSSR count). The molecule has 1 amide bonds. The number of amides is 1. The molecule has 1 aliphatic heterocycles. The minimum Gasteiger partial charge on any atom is -0.484 e. The summed E-state index contributed by atoms with van der Waals surface area (Å²) in [6.45, 7) is 5.35. The van der Waals surface area contributed by atoms with E-state index in [4.69, 9.17) is 4.74 Å². The molecule has 3 aliphatic rings. The Hall–Kier alpha value is -1.20. The summed E-state index contributed by atoms with van der Waals surface area (Å²) in [6.07, 6.45) is 22.6. The zero-order valence-electron chi connectivity index (χ0n) is 25.3. The molecular weight excluding hydrogens is 500 g/mol. The molecule has 0 radical (unpaired) electrons. The predicted octanol–water partition coefficient (Wildman–Crippen LogP) is 8.61. The normalized spacial score (nSPS) is 23.5. The molecule has 1 heterocycles. The molecule has 1 spiro atoms. The Bertz CT molecular complexity index is 843. The second-order valence-corrected chi connectivity index (χ2v) is 14.3. The Morgan fingerprint density at radius 3 is 2.23 bits per heavy atom. The van der Waals surface area contributed by atoms with E-state index in [1.807, 2.05) is 12.1 Å². The highest BCUT2D eigenvalue weighted by molar-refractivity contribution is 8.00. The van der Waals surface area contributed by atoms with E-state index in [0.29, 0.717) is 16.7 Å². The molecule has 220 valence electrons. The number of carbonyl (C=O) groups excluding carboxylic acids is 1. The first kappa shape index (κ1) is 30.8. The quantitative estimate of drug-likeness (QED) is 0.270. The van der Waals surface area contributed by atoms with Crippen molar-refractivity contribution in [1.29, 1.82) is 0 Å². The maximum absolute atomic E-state index is 14.0. The Balaban J connectivity index is 1.49. The van der Waals surface area contributed by atoms with Gasteiger partial charge in [-0.05, 0) is 75.8 Å². The predicted molar refractivity (Wildman–Crippen MR) is 167 cm³/mol. The third-order valence-corrected chi connectivity index (χ3v) is 11.4. The van der Waals surface area contributed by atoms with Crippen LogP contribution in [0.4, 0.5) is 0 Å². The van der Waals surface area contributed by atoms with Gasteiger partial charge in [-0.15, -0.1) is 0 Å². The SMILES string of the molecule is CCCC(N(CC1CC2(CCCCCCC2)CS1)C(=O)COc1ccc(C)cc1)N(C)C1CCCCCCC1. The van der Waals surface area contributed by atoms with Gasteiger partial charge in [-0.2, -0.15) is 11.8 Å². The Morgan fingerprint density at radius 2 is 1.59 bits per heavy atom. The van der Waals surface area contributed by atoms with Crippen LogP contribution in [0, 0.1) is 12.3 Å². The number of ether oxygens (including phenoxy) is 1. The van der Waals surface area contributed by atoms with Gasteiger partial charge in [0.2, 0.25) is 0 Å². The highest BCUT2D eigenvalue weighted by Crippen LogP contribution is 2.49. The van der Waals surface area contributed by atoms with Gasteiger partial charge in [0.1, 0.15) is 5.75 Å². The first-order valence-electron chi connectivity index (χ1n) is 16.3. The Kier molecular flexibility index (Phi) is 12.4. The minimum atomic E-state index is 0.129. The summed E-state index contributed by atoms with van der Waals surface area (Å²) in [5, 5.41) is 0.540. The molecule has 39 heavy (non-hydrogen) atoms. The van der Waals surface area contributed by atoms with Crippen LogP contribution in [0.25, 0.3) is 0 Å². The van der Waals surface area contributed by atoms with Crippen molar-refractivity contribution in [2.45, 2.75) is 140 Å². The summed E-state index contributed by atoms with van der Waals surface area (Å²) in [6, 6.07) is 8.67. The molecule has 5 heteroatoms. The lowest BCUT2D eigenvalue weighted by molar-refractivity contribution is -0.141. The standard InChI is InChI=1S/C34H56N2O2S/c1-4-15-32(35(3)29-16-11-7-5-8-12-17-29)36(33(37)26-38-30-20-18-28(2)19-21-30)25-31-24-34(27-39-31)22-13-9-6-10-14-23-34/h18-21,29,31-32H,4-17,22-27H2,1-3H3. The van der Waals surface area contributed by atoms with Gasteiger partial charge in [0.15, 0.2) is 6.61 Å². The van der Waals surface area contributed by atoms with E-state index in [9.17, 15) is 4.79 Å². The molecule has 1 aromatic rings. The van der Waals surface area contributed by atoms with Crippen LogP contribution in [-0.2, 0) is 4.79 Å². The van der Waals surface area contributed by atoms with Crippen molar-refractivity contribution in [3.8, 4) is 5.75 Å². The molecule has 3 fully saturated rings. The molecule has 4 nitrogen and oxygen atoms in total. The summed E-state index contributed by atoms with van der Waals surface area (Å²) >= 11 is 2.16. The van der Waals surface area contributed by atoms with Crippen molar-refractivity contribution in [3.05, 3.63) is 29.8 Å². The van der Waals surface area contributed by atoms with Crippen molar-refractivity contribution in [2.24, 2.45) is 5.41 Å². The minimum absolute atomic E-state index is 0.129. The van der Waals surface area contributed by atoms with E-state index >= 15 is 0 Å². The lowest BCUT2D eigenvalue weighted by Gasteiger charge is -2.43. The van der Waals surface area contributed by atoms with Gasteiger partial charge in [-0.3, -0.25) is 9.69 Å². The summed E-state index contributed by atoms with van der Waals surface area (Å²) in [5.41, 5.74) is 1.72. The lowest BCUT2D eigenvalue weighted by Crippen LogP contribution is -2.55. The number of carbonyl (C=O) groups is 1. The topological polar surface area (TPSA) is 32.8 Å². The smallest absolute Gasteiger partial charge is 0.261 e. The van der Waals surface area contributed by atoms with Crippen LogP contribution in [0.15, 0.2) is 24.3 Å². The maximum Gasteiger partial charge on any atom is 0.261 e. The van der Waals surface area contributed by atoms with Crippen LogP contribution in [0.1, 0.15) is 122 Å². The molecule has 2 atom stereocenters. The first-order chi connectivity index (χ1) is 19.0. The summed E-state index contributed by atoms with van der Waals surface area (Å²) < 4.78 is 6.08. The highest BCUT2D eigenvalue weighted by atomic mass is 32.2. The number of aryl methyl sites for hydroxylation is 1. The van der Waals surface area contributed by atoms with E-state index in [0.717, 1.165) is 25.1 Å². The maximum atomic E-state index is 14.0. The second-order valence-electron chi connectivity index (χ2n) is 13.0. The molecular formula is C34H56N2O2S. The van der Waals surface area contributed by atoms with Gasteiger partial charge < -0.3 is 9.64 Å². The second kappa shape index (κ2) is 15.7. The number of hydrogen-bond acceptors (Lipinski definition) is 4. The number of nitrogens with zero attached hydrogens (tertiary/aromatic N) is 2. The van der Waals surface area contributed by atoms with Gasteiger partial charge in [0, 0.05) is 17.8 Å². The van der Waals surface area contributed by atoms with Crippen molar-refractivity contribution >= 4 is 17.7 Å². The third kappa shape index (κ3) is 9.15. The molecule has 0 N–H and O–H groups in total. The fourth-order valence-corrected chi connectivity index (χ4v) is 9.14. The molecule has 1 aromatic carbocycles. The van der Waals surface area contributed by atoms with Crippen LogP contribution >= 0.6 is 11.8 Å². The van der Waals surface area contributed by atoms with Gasteiger partial charge in [-0.1, -0.05) is 95.2 Å². The van der Waals surface area contributed by atoms with Crippen molar-refractivity contribution in [2.75, 3.05) is 26.0 Å². The van der Waals surface area contributed by atoms with E-state index in [2.05, 4.69) is 54.6 Å². The summed E-state index contributed by atoms with van der Waals surface area (Å²) in [7, 11) is 2.31. The van der Waals surface area contributed by atoms with Gasteiger partial charge in [0.25, 0.3) is 5.91 Å². The third-order valence-electron chi connectivity index (χ3n) is 9.83. The van der Waals surface area contributed by atoms with Gasteiger partial charge >= 0.3 is 0 Å². The van der Waals surface area contributed by atoms with Crippen LogP contribution in [-0.4, -0.2) is 59.1 Å². The van der Waals surface area contributed by atoms with Gasteiger partial charge in [-0.25, -0.2) is 0 Å². The molecule has 0 aromatic heterocycles. The molecule has 0 bridgehead atoms. The largest absolute Gasteiger partial charge is 0.484 e. The van der Waals surface area contributed by atoms with E-state index in [1.165, 1.54) is 108 Å². The molecule has 2 unspecified atom stereocenters. The number of rotatable bonds is 10. The number of hydrogen-bond donors (Lipinski definition) is 0. The Morgan fingerprint density at radius 1 is 0.974 bits per heavy atom. The van der Waals surface area contributed by atoms with Crippen molar-refractivity contribution < 1.29 is 9.53 Å². The number of benzene rings is 1.